The first-order valence-corrected chi connectivity index (χ1v) is 8.20. The van der Waals surface area contributed by atoms with E-state index < -0.39 is 23.5 Å². The summed E-state index contributed by atoms with van der Waals surface area (Å²) >= 11 is 0. The molecule has 2 amide bonds. The molecule has 0 saturated carbocycles. The number of anilines is 1. The van der Waals surface area contributed by atoms with Gasteiger partial charge in [-0.1, -0.05) is 12.1 Å². The molecule has 0 radical (unpaired) electrons. The highest BCUT2D eigenvalue weighted by molar-refractivity contribution is 5.97. The van der Waals surface area contributed by atoms with Gasteiger partial charge in [-0.15, -0.1) is 0 Å². The Hall–Kier alpha value is -2.83. The number of hydrogen-bond acceptors (Lipinski definition) is 2. The van der Waals surface area contributed by atoms with E-state index in [1.807, 2.05) is 0 Å². The number of carbonyl (C=O) groups is 2. The predicted octanol–water partition coefficient (Wildman–Crippen LogP) is 3.13. The Morgan fingerprint density at radius 2 is 1.69 bits per heavy atom. The maximum absolute atomic E-state index is 13.2. The highest BCUT2D eigenvalue weighted by Gasteiger charge is 2.34. The topological polar surface area (TPSA) is 49.4 Å². The third-order valence-electron chi connectivity index (χ3n) is 4.30. The fraction of sp³-hybridized carbons (Fsp3) is 0.263. The second-order valence-electron chi connectivity index (χ2n) is 6.26. The van der Waals surface area contributed by atoms with Gasteiger partial charge >= 0.3 is 0 Å². The molecule has 1 aliphatic rings. The van der Waals surface area contributed by atoms with Gasteiger partial charge in [-0.2, -0.15) is 0 Å². The van der Waals surface area contributed by atoms with Crippen LogP contribution in [0.15, 0.2) is 42.5 Å². The van der Waals surface area contributed by atoms with Crippen LogP contribution in [0.5, 0.6) is 0 Å². The van der Waals surface area contributed by atoms with E-state index in [9.17, 15) is 22.8 Å². The minimum Gasteiger partial charge on any atom is -0.342 e. The van der Waals surface area contributed by atoms with Gasteiger partial charge in [0.25, 0.3) is 0 Å². The van der Waals surface area contributed by atoms with Crippen molar-refractivity contribution in [3.8, 4) is 0 Å². The van der Waals surface area contributed by atoms with Gasteiger partial charge in [0.1, 0.15) is 17.5 Å². The average Bonchev–Trinajstić information content (AvgIpc) is 2.94. The van der Waals surface area contributed by atoms with Crippen LogP contribution in [0.1, 0.15) is 12.0 Å². The highest BCUT2D eigenvalue weighted by atomic mass is 19.1. The van der Waals surface area contributed by atoms with E-state index in [0.717, 1.165) is 17.7 Å². The maximum atomic E-state index is 13.2. The van der Waals surface area contributed by atoms with E-state index in [2.05, 4.69) is 5.32 Å². The molecule has 0 aliphatic carbocycles. The van der Waals surface area contributed by atoms with Crippen LogP contribution in [0.25, 0.3) is 0 Å². The van der Waals surface area contributed by atoms with Gasteiger partial charge in [0.15, 0.2) is 0 Å². The van der Waals surface area contributed by atoms with Gasteiger partial charge in [-0.25, -0.2) is 13.2 Å². The molecule has 1 aliphatic heterocycles. The third kappa shape index (κ3) is 4.41. The molecule has 1 saturated heterocycles. The second kappa shape index (κ2) is 7.59. The molecule has 1 fully saturated rings. The summed E-state index contributed by atoms with van der Waals surface area (Å²) in [6.45, 7) is 0.659. The SMILES string of the molecule is O=C(Nc1cc(F)cc(F)c1)C1CC(=O)N(CCc2ccc(F)cc2)C1. The first-order chi connectivity index (χ1) is 12.4. The van der Waals surface area contributed by atoms with Crippen molar-refractivity contribution >= 4 is 17.5 Å². The summed E-state index contributed by atoms with van der Waals surface area (Å²) in [4.78, 5) is 25.9. The molecule has 1 atom stereocenters. The zero-order chi connectivity index (χ0) is 18.7. The Bertz CT molecular complexity index is 804. The van der Waals surface area contributed by atoms with Gasteiger partial charge < -0.3 is 10.2 Å². The lowest BCUT2D eigenvalue weighted by Crippen LogP contribution is -2.30. The van der Waals surface area contributed by atoms with Gasteiger partial charge in [-0.3, -0.25) is 9.59 Å². The molecule has 1 heterocycles. The normalized spacial score (nSPS) is 16.8. The van der Waals surface area contributed by atoms with E-state index in [-0.39, 0.29) is 30.4 Å². The Labute approximate surface area is 148 Å². The molecule has 26 heavy (non-hydrogen) atoms. The van der Waals surface area contributed by atoms with E-state index in [4.69, 9.17) is 0 Å². The lowest BCUT2D eigenvalue weighted by Gasteiger charge is -2.16. The van der Waals surface area contributed by atoms with Crippen LogP contribution in [0.2, 0.25) is 0 Å². The van der Waals surface area contributed by atoms with Crippen molar-refractivity contribution in [2.75, 3.05) is 18.4 Å². The quantitative estimate of drug-likeness (QED) is 0.888. The van der Waals surface area contributed by atoms with Gasteiger partial charge in [0, 0.05) is 31.3 Å². The average molecular weight is 362 g/mol. The smallest absolute Gasteiger partial charge is 0.229 e. The predicted molar refractivity (Wildman–Crippen MR) is 89.8 cm³/mol. The van der Waals surface area contributed by atoms with Gasteiger partial charge in [0.05, 0.1) is 5.92 Å². The van der Waals surface area contributed by atoms with E-state index >= 15 is 0 Å². The highest BCUT2D eigenvalue weighted by Crippen LogP contribution is 2.21. The van der Waals surface area contributed by atoms with Crippen molar-refractivity contribution in [1.29, 1.82) is 0 Å². The largest absolute Gasteiger partial charge is 0.342 e. The first-order valence-electron chi connectivity index (χ1n) is 8.20. The van der Waals surface area contributed by atoms with Crippen molar-refractivity contribution in [3.63, 3.8) is 0 Å². The summed E-state index contributed by atoms with van der Waals surface area (Å²) in [6.07, 6.45) is 0.600. The Morgan fingerprint density at radius 1 is 1.04 bits per heavy atom. The molecule has 3 rings (SSSR count). The van der Waals surface area contributed by atoms with Crippen LogP contribution in [0.4, 0.5) is 18.9 Å². The lowest BCUT2D eigenvalue weighted by atomic mass is 10.1. The number of likely N-dealkylation sites (tertiary alicyclic amines) is 1. The van der Waals surface area contributed by atoms with Crippen molar-refractivity contribution in [1.82, 2.24) is 4.90 Å². The third-order valence-corrected chi connectivity index (χ3v) is 4.30. The number of hydrogen-bond donors (Lipinski definition) is 1. The number of nitrogens with one attached hydrogen (secondary N) is 1. The van der Waals surface area contributed by atoms with Crippen LogP contribution >= 0.6 is 0 Å². The van der Waals surface area contributed by atoms with Crippen molar-refractivity contribution in [2.45, 2.75) is 12.8 Å². The number of benzene rings is 2. The maximum Gasteiger partial charge on any atom is 0.229 e. The molecule has 136 valence electrons. The molecule has 0 bridgehead atoms. The molecule has 2 aromatic rings. The lowest BCUT2D eigenvalue weighted by molar-refractivity contribution is -0.128. The summed E-state index contributed by atoms with van der Waals surface area (Å²) in [5.41, 5.74) is 0.909. The molecule has 4 nitrogen and oxygen atoms in total. The molecule has 1 unspecified atom stereocenters. The second-order valence-corrected chi connectivity index (χ2v) is 6.26. The van der Waals surface area contributed by atoms with Crippen LogP contribution < -0.4 is 5.32 Å². The Kier molecular flexibility index (Phi) is 5.25. The molecule has 1 N–H and O–H groups in total. The van der Waals surface area contributed by atoms with Crippen LogP contribution in [-0.2, 0) is 16.0 Å². The van der Waals surface area contributed by atoms with Gasteiger partial charge in [0.2, 0.25) is 11.8 Å². The molecule has 0 spiro atoms. The minimum atomic E-state index is -0.788. The van der Waals surface area contributed by atoms with Crippen LogP contribution in [0, 0.1) is 23.4 Å². The fourth-order valence-electron chi connectivity index (χ4n) is 2.95. The number of carbonyl (C=O) groups excluding carboxylic acids is 2. The zero-order valence-electron chi connectivity index (χ0n) is 13.8. The van der Waals surface area contributed by atoms with Crippen molar-refractivity contribution < 1.29 is 22.8 Å². The number of halogens is 3. The summed E-state index contributed by atoms with van der Waals surface area (Å²) in [5, 5.41) is 2.45. The van der Waals surface area contributed by atoms with Crippen molar-refractivity contribution in [2.24, 2.45) is 5.92 Å². The van der Waals surface area contributed by atoms with E-state index in [1.54, 1.807) is 17.0 Å². The minimum absolute atomic E-state index is 0.0183. The molecule has 7 heteroatoms. The fourth-order valence-corrected chi connectivity index (χ4v) is 2.95. The monoisotopic (exact) mass is 362 g/mol. The summed E-state index contributed by atoms with van der Waals surface area (Å²) in [5.74, 6) is -3.09. The van der Waals surface area contributed by atoms with E-state index in [1.165, 1.54) is 12.1 Å². The zero-order valence-corrected chi connectivity index (χ0v) is 13.8. The Balaban J connectivity index is 1.56. The Morgan fingerprint density at radius 3 is 2.35 bits per heavy atom. The van der Waals surface area contributed by atoms with Crippen LogP contribution in [-0.4, -0.2) is 29.8 Å². The molecule has 0 aromatic heterocycles. The summed E-state index contributed by atoms with van der Waals surface area (Å²) in [6, 6.07) is 8.77. The standard InChI is InChI=1S/C19H17F3N2O2/c20-14-3-1-12(2-4-14)5-6-24-11-13(7-18(24)25)19(26)23-17-9-15(21)8-16(22)10-17/h1-4,8-10,13H,5-7,11H2,(H,23,26). The first kappa shape index (κ1) is 18.0. The number of rotatable bonds is 5. The number of nitrogens with zero attached hydrogens (tertiary/aromatic N) is 1. The molecule has 2 aromatic carbocycles. The van der Waals surface area contributed by atoms with Gasteiger partial charge in [-0.05, 0) is 36.2 Å². The summed E-state index contributed by atoms with van der Waals surface area (Å²) < 4.78 is 39.3. The van der Waals surface area contributed by atoms with Crippen molar-refractivity contribution in [3.05, 3.63) is 65.5 Å². The van der Waals surface area contributed by atoms with Crippen LogP contribution in [0.3, 0.4) is 0 Å². The summed E-state index contributed by atoms with van der Waals surface area (Å²) in [7, 11) is 0. The molecular formula is C19H17F3N2O2. The number of amides is 2. The molecular weight excluding hydrogens is 345 g/mol. The van der Waals surface area contributed by atoms with E-state index in [0.29, 0.717) is 19.0 Å².